The average Bonchev–Trinajstić information content (AvgIpc) is 2.93. The molecule has 20 heavy (non-hydrogen) atoms. The first kappa shape index (κ1) is 13.6. The summed E-state index contributed by atoms with van der Waals surface area (Å²) in [5, 5.41) is 6.49. The summed E-state index contributed by atoms with van der Waals surface area (Å²) >= 11 is 0. The average molecular weight is 274 g/mol. The smallest absolute Gasteiger partial charge is 0.242 e. The molecule has 0 saturated heterocycles. The Balaban J connectivity index is 1.72. The highest BCUT2D eigenvalue weighted by Crippen LogP contribution is 2.25. The van der Waals surface area contributed by atoms with Gasteiger partial charge in [0.25, 0.3) is 0 Å². The third kappa shape index (κ3) is 2.58. The van der Waals surface area contributed by atoms with Crippen molar-refractivity contribution in [3.63, 3.8) is 0 Å². The minimum absolute atomic E-state index is 0.0751. The lowest BCUT2D eigenvalue weighted by molar-refractivity contribution is -0.125. The maximum absolute atomic E-state index is 12.5. The van der Waals surface area contributed by atoms with E-state index >= 15 is 0 Å². The van der Waals surface area contributed by atoms with E-state index in [-0.39, 0.29) is 24.1 Å². The summed E-state index contributed by atoms with van der Waals surface area (Å²) in [6.45, 7) is 0.855. The van der Waals surface area contributed by atoms with Gasteiger partial charge in [-0.15, -0.1) is 0 Å². The highest BCUT2D eigenvalue weighted by atomic mass is 16.5. The lowest BCUT2D eigenvalue weighted by atomic mass is 9.93. The minimum Gasteiger partial charge on any atom is -0.379 e. The van der Waals surface area contributed by atoms with Crippen LogP contribution in [0.4, 0.5) is 0 Å². The maximum Gasteiger partial charge on any atom is 0.242 e. The molecule has 3 unspecified atom stereocenters. The summed E-state index contributed by atoms with van der Waals surface area (Å²) in [5.74, 6) is 0.0751. The van der Waals surface area contributed by atoms with Crippen molar-refractivity contribution in [3.8, 4) is 0 Å². The molecule has 108 valence electrons. The van der Waals surface area contributed by atoms with Gasteiger partial charge in [-0.1, -0.05) is 24.3 Å². The zero-order chi connectivity index (χ0) is 13.9. The van der Waals surface area contributed by atoms with Crippen LogP contribution in [0.15, 0.2) is 24.3 Å². The summed E-state index contributed by atoms with van der Waals surface area (Å²) in [5.41, 5.74) is 2.39. The fraction of sp³-hybridized carbons (Fsp3) is 0.562. The minimum atomic E-state index is -0.224. The van der Waals surface area contributed by atoms with E-state index in [0.717, 1.165) is 37.8 Å². The molecule has 3 rings (SSSR count). The van der Waals surface area contributed by atoms with Gasteiger partial charge in [-0.3, -0.25) is 4.79 Å². The molecule has 1 amide bonds. The quantitative estimate of drug-likeness (QED) is 0.879. The van der Waals surface area contributed by atoms with Crippen molar-refractivity contribution >= 4 is 5.91 Å². The summed E-state index contributed by atoms with van der Waals surface area (Å²) < 4.78 is 5.45. The number of hydrogen-bond acceptors (Lipinski definition) is 3. The highest BCUT2D eigenvalue weighted by Gasteiger charge is 2.32. The van der Waals surface area contributed by atoms with E-state index in [1.54, 1.807) is 7.11 Å². The Morgan fingerprint density at radius 1 is 1.35 bits per heavy atom. The molecule has 2 aliphatic rings. The lowest BCUT2D eigenvalue weighted by Crippen LogP contribution is -2.47. The summed E-state index contributed by atoms with van der Waals surface area (Å²) in [7, 11) is 1.73. The number of amides is 1. The zero-order valence-corrected chi connectivity index (χ0v) is 11.9. The van der Waals surface area contributed by atoms with E-state index in [2.05, 4.69) is 16.7 Å². The van der Waals surface area contributed by atoms with E-state index in [9.17, 15) is 4.79 Å². The molecule has 1 saturated carbocycles. The van der Waals surface area contributed by atoms with Gasteiger partial charge in [0, 0.05) is 13.7 Å². The molecule has 0 radical (unpaired) electrons. The van der Waals surface area contributed by atoms with Crippen LogP contribution in [0.25, 0.3) is 0 Å². The number of ether oxygens (including phenoxy) is 1. The second-order valence-corrected chi connectivity index (χ2v) is 5.66. The molecular formula is C16H22N2O2. The molecule has 1 aliphatic carbocycles. The molecule has 0 bridgehead atoms. The normalized spacial score (nSPS) is 28.9. The van der Waals surface area contributed by atoms with Crippen molar-refractivity contribution in [2.75, 3.05) is 13.7 Å². The van der Waals surface area contributed by atoms with E-state index in [4.69, 9.17) is 4.74 Å². The molecule has 0 spiro atoms. The van der Waals surface area contributed by atoms with Crippen molar-refractivity contribution in [2.24, 2.45) is 0 Å². The lowest BCUT2D eigenvalue weighted by Gasteiger charge is -2.28. The number of methoxy groups -OCH3 is 1. The van der Waals surface area contributed by atoms with E-state index < -0.39 is 0 Å². The second-order valence-electron chi connectivity index (χ2n) is 5.66. The van der Waals surface area contributed by atoms with Gasteiger partial charge in [0.05, 0.1) is 12.1 Å². The van der Waals surface area contributed by atoms with Crippen molar-refractivity contribution in [1.82, 2.24) is 10.6 Å². The molecule has 1 aliphatic heterocycles. The van der Waals surface area contributed by atoms with Gasteiger partial charge in [0.1, 0.15) is 6.04 Å². The van der Waals surface area contributed by atoms with Gasteiger partial charge >= 0.3 is 0 Å². The van der Waals surface area contributed by atoms with Crippen LogP contribution in [-0.4, -0.2) is 31.7 Å². The van der Waals surface area contributed by atoms with Crippen LogP contribution in [0.1, 0.15) is 36.4 Å². The van der Waals surface area contributed by atoms with Gasteiger partial charge < -0.3 is 15.4 Å². The molecule has 1 heterocycles. The van der Waals surface area contributed by atoms with Gasteiger partial charge in [-0.2, -0.15) is 0 Å². The predicted octanol–water partition coefficient (Wildman–Crippen LogP) is 1.56. The zero-order valence-electron chi connectivity index (χ0n) is 11.9. The molecule has 4 heteroatoms. The number of carbonyl (C=O) groups excluding carboxylic acids is 1. The fourth-order valence-corrected chi connectivity index (χ4v) is 3.38. The van der Waals surface area contributed by atoms with Gasteiger partial charge in [-0.25, -0.2) is 0 Å². The monoisotopic (exact) mass is 274 g/mol. The van der Waals surface area contributed by atoms with Gasteiger partial charge in [-0.05, 0) is 36.8 Å². The van der Waals surface area contributed by atoms with Crippen LogP contribution in [0, 0.1) is 0 Å². The van der Waals surface area contributed by atoms with Crippen molar-refractivity contribution < 1.29 is 9.53 Å². The van der Waals surface area contributed by atoms with Crippen LogP contribution in [0.3, 0.4) is 0 Å². The Hall–Kier alpha value is -1.39. The second kappa shape index (κ2) is 5.94. The molecule has 0 aromatic heterocycles. The van der Waals surface area contributed by atoms with E-state index in [0.29, 0.717) is 0 Å². The van der Waals surface area contributed by atoms with Gasteiger partial charge in [0.15, 0.2) is 0 Å². The molecular weight excluding hydrogens is 252 g/mol. The number of nitrogens with one attached hydrogen (secondary N) is 2. The summed E-state index contributed by atoms with van der Waals surface area (Å²) in [6, 6.07) is 8.14. The number of rotatable bonds is 3. The van der Waals surface area contributed by atoms with E-state index in [1.165, 1.54) is 5.56 Å². The molecule has 1 aromatic carbocycles. The first-order valence-corrected chi connectivity index (χ1v) is 7.44. The van der Waals surface area contributed by atoms with Crippen molar-refractivity contribution in [1.29, 1.82) is 0 Å². The van der Waals surface area contributed by atoms with E-state index in [1.807, 2.05) is 18.2 Å². The van der Waals surface area contributed by atoms with Gasteiger partial charge in [0.2, 0.25) is 5.91 Å². The number of carbonyl (C=O) groups is 1. The SMILES string of the molecule is COC1CCCC1NC(=O)C1NCCc2ccccc21. The van der Waals surface area contributed by atoms with Crippen LogP contribution in [0.5, 0.6) is 0 Å². The molecule has 3 atom stereocenters. The largest absolute Gasteiger partial charge is 0.379 e. The number of fused-ring (bicyclic) bond motifs is 1. The topological polar surface area (TPSA) is 50.4 Å². The number of benzene rings is 1. The standard InChI is InChI=1S/C16H22N2O2/c1-20-14-8-4-7-13(14)18-16(19)15-12-6-3-2-5-11(12)9-10-17-15/h2-3,5-6,13-15,17H,4,7-10H2,1H3,(H,18,19). The van der Waals surface area contributed by atoms with Crippen molar-refractivity contribution in [3.05, 3.63) is 35.4 Å². The molecule has 1 aromatic rings. The fourth-order valence-electron chi connectivity index (χ4n) is 3.38. The highest BCUT2D eigenvalue weighted by molar-refractivity contribution is 5.84. The third-order valence-electron chi connectivity index (χ3n) is 4.45. The Labute approximate surface area is 119 Å². The predicted molar refractivity (Wildman–Crippen MR) is 77.5 cm³/mol. The third-order valence-corrected chi connectivity index (χ3v) is 4.45. The molecule has 1 fully saturated rings. The first-order chi connectivity index (χ1) is 9.79. The Morgan fingerprint density at radius 2 is 2.20 bits per heavy atom. The van der Waals surface area contributed by atoms with Crippen molar-refractivity contribution in [2.45, 2.75) is 43.9 Å². The molecule has 2 N–H and O–H groups in total. The maximum atomic E-state index is 12.5. The number of hydrogen-bond donors (Lipinski definition) is 2. The Kier molecular flexibility index (Phi) is 4.03. The van der Waals surface area contributed by atoms with Crippen LogP contribution < -0.4 is 10.6 Å². The Bertz CT molecular complexity index is 489. The van der Waals surface area contributed by atoms with Crippen LogP contribution >= 0.6 is 0 Å². The Morgan fingerprint density at radius 3 is 3.05 bits per heavy atom. The molecule has 4 nitrogen and oxygen atoms in total. The summed E-state index contributed by atoms with van der Waals surface area (Å²) in [4.78, 5) is 12.5. The van der Waals surface area contributed by atoms with Crippen LogP contribution in [0.2, 0.25) is 0 Å². The van der Waals surface area contributed by atoms with Crippen LogP contribution in [-0.2, 0) is 16.0 Å². The summed E-state index contributed by atoms with van der Waals surface area (Å²) in [6.07, 6.45) is 4.33. The first-order valence-electron chi connectivity index (χ1n) is 7.44.